The van der Waals surface area contributed by atoms with E-state index in [2.05, 4.69) is 12.2 Å². The molecule has 0 aromatic heterocycles. The minimum atomic E-state index is -3.32. The molecule has 1 aliphatic heterocycles. The monoisotopic (exact) mass is 320 g/mol. The second-order valence-electron chi connectivity index (χ2n) is 6.33. The van der Waals surface area contributed by atoms with Crippen molar-refractivity contribution in [3.63, 3.8) is 0 Å². The third-order valence-electron chi connectivity index (χ3n) is 5.19. The Morgan fingerprint density at radius 3 is 2.50 bits per heavy atom. The number of hydrogen-bond donors (Lipinski definition) is 0. The second kappa shape index (κ2) is 5.18. The lowest BCUT2D eigenvalue weighted by atomic mass is 9.88. The number of fused-ring (bicyclic) bond motifs is 2. The summed E-state index contributed by atoms with van der Waals surface area (Å²) in [5.41, 5.74) is 0. The maximum atomic E-state index is 13.0. The van der Waals surface area contributed by atoms with Gasteiger partial charge in [0.25, 0.3) is 0 Å². The van der Waals surface area contributed by atoms with E-state index >= 15 is 0 Å². The molecular weight excluding hydrogens is 300 g/mol. The molecule has 1 aromatic carbocycles. The average Bonchev–Trinajstić information content (AvgIpc) is 2.90. The van der Waals surface area contributed by atoms with E-state index in [1.54, 1.807) is 24.3 Å². The Bertz CT molecular complexity index is 674. The molecule has 5 heteroatoms. The van der Waals surface area contributed by atoms with Gasteiger partial charge in [-0.05, 0) is 30.9 Å². The Balaban J connectivity index is 1.69. The fourth-order valence-corrected chi connectivity index (χ4v) is 6.07. The van der Waals surface area contributed by atoms with Crippen LogP contribution in [0.2, 0.25) is 0 Å². The molecule has 1 saturated heterocycles. The average molecular weight is 320 g/mol. The van der Waals surface area contributed by atoms with Crippen molar-refractivity contribution in [3.05, 3.63) is 42.5 Å². The van der Waals surface area contributed by atoms with Crippen molar-refractivity contribution in [3.8, 4) is 0 Å². The van der Waals surface area contributed by atoms with E-state index < -0.39 is 15.6 Å². The highest BCUT2D eigenvalue weighted by Crippen LogP contribution is 2.47. The van der Waals surface area contributed by atoms with E-state index in [1.807, 2.05) is 6.07 Å². The number of ether oxygens (including phenoxy) is 2. The van der Waals surface area contributed by atoms with Crippen LogP contribution in [0.5, 0.6) is 0 Å². The molecule has 4 nitrogen and oxygen atoms in total. The highest BCUT2D eigenvalue weighted by atomic mass is 32.2. The van der Waals surface area contributed by atoms with Crippen molar-refractivity contribution < 1.29 is 17.9 Å². The Kier molecular flexibility index (Phi) is 3.40. The fraction of sp³-hybridized carbons (Fsp3) is 0.529. The zero-order valence-electron chi connectivity index (χ0n) is 12.4. The predicted octanol–water partition coefficient (Wildman–Crippen LogP) is 2.56. The summed E-state index contributed by atoms with van der Waals surface area (Å²) in [4.78, 5) is 0.420. The lowest BCUT2D eigenvalue weighted by Crippen LogP contribution is -2.40. The van der Waals surface area contributed by atoms with Gasteiger partial charge in [-0.15, -0.1) is 0 Å². The van der Waals surface area contributed by atoms with Crippen LogP contribution in [0.1, 0.15) is 19.3 Å². The Morgan fingerprint density at radius 2 is 1.77 bits per heavy atom. The third kappa shape index (κ3) is 2.14. The molecule has 1 heterocycles. The van der Waals surface area contributed by atoms with E-state index in [-0.39, 0.29) is 17.1 Å². The number of sulfone groups is 1. The summed E-state index contributed by atoms with van der Waals surface area (Å²) in [6, 6.07) is 8.78. The lowest BCUT2D eigenvalue weighted by Gasteiger charge is -2.34. The van der Waals surface area contributed by atoms with Gasteiger partial charge in [-0.2, -0.15) is 0 Å². The maximum Gasteiger partial charge on any atom is 0.181 e. The van der Waals surface area contributed by atoms with E-state index in [4.69, 9.17) is 9.47 Å². The van der Waals surface area contributed by atoms with Gasteiger partial charge in [0.1, 0.15) is 0 Å². The van der Waals surface area contributed by atoms with Crippen LogP contribution >= 0.6 is 0 Å². The number of hydrogen-bond acceptors (Lipinski definition) is 4. The first-order valence-electron chi connectivity index (χ1n) is 7.87. The molecule has 5 rings (SSSR count). The number of benzene rings is 1. The van der Waals surface area contributed by atoms with Gasteiger partial charge in [0.2, 0.25) is 0 Å². The predicted molar refractivity (Wildman–Crippen MR) is 82.0 cm³/mol. The summed E-state index contributed by atoms with van der Waals surface area (Å²) in [5, 5.41) is -0.378. The van der Waals surface area contributed by atoms with Crippen molar-refractivity contribution >= 4 is 9.84 Å². The molecule has 4 aliphatic rings. The summed E-state index contributed by atoms with van der Waals surface area (Å²) in [6.45, 7) is 1.20. The summed E-state index contributed by atoms with van der Waals surface area (Å²) >= 11 is 0. The Morgan fingerprint density at radius 1 is 1.05 bits per heavy atom. The van der Waals surface area contributed by atoms with Gasteiger partial charge in [0.05, 0.1) is 23.4 Å². The summed E-state index contributed by atoms with van der Waals surface area (Å²) < 4.78 is 37.8. The Hall–Kier alpha value is -1.17. The summed E-state index contributed by atoms with van der Waals surface area (Å²) in [5.74, 6) is -0.516. The molecule has 0 amide bonds. The molecular formula is C17H20O4S. The highest BCUT2D eigenvalue weighted by Gasteiger charge is 2.51. The minimum absolute atomic E-state index is 0.0252. The van der Waals surface area contributed by atoms with Crippen molar-refractivity contribution in [2.45, 2.75) is 35.2 Å². The van der Waals surface area contributed by atoms with Crippen molar-refractivity contribution in [1.82, 2.24) is 0 Å². The number of rotatable bonds is 2. The summed E-state index contributed by atoms with van der Waals surface area (Å²) in [7, 11) is -3.32. The van der Waals surface area contributed by atoms with Crippen LogP contribution < -0.4 is 0 Å². The first-order chi connectivity index (χ1) is 10.6. The van der Waals surface area contributed by atoms with E-state index in [0.29, 0.717) is 24.5 Å². The van der Waals surface area contributed by atoms with Crippen LogP contribution in [0, 0.1) is 11.8 Å². The summed E-state index contributed by atoms with van der Waals surface area (Å²) in [6.07, 6.45) is 6.33. The van der Waals surface area contributed by atoms with E-state index in [0.717, 1.165) is 12.8 Å². The van der Waals surface area contributed by atoms with Crippen LogP contribution in [0.25, 0.3) is 0 Å². The topological polar surface area (TPSA) is 52.6 Å². The van der Waals surface area contributed by atoms with Gasteiger partial charge in [0, 0.05) is 12.3 Å². The molecule has 0 N–H and O–H groups in total. The van der Waals surface area contributed by atoms with Crippen LogP contribution in [0.4, 0.5) is 0 Å². The van der Waals surface area contributed by atoms with Crippen molar-refractivity contribution in [2.24, 2.45) is 11.8 Å². The molecule has 0 radical (unpaired) electrons. The molecule has 3 atom stereocenters. The van der Waals surface area contributed by atoms with Gasteiger partial charge in [-0.25, -0.2) is 8.42 Å². The largest absolute Gasteiger partial charge is 0.347 e. The molecule has 2 bridgehead atoms. The standard InChI is InChI=1S/C17H20O4S/c18-22(19,15-4-2-1-3-5-15)16-12-14-7-6-13(16)8-9-17(14)20-10-11-21-17/h1-7,13-14,16H,8-12H2/t13-,14+,16+/m0/s1. The molecule has 3 aliphatic carbocycles. The molecule has 1 aromatic rings. The normalized spacial score (nSPS) is 33.2. The third-order valence-corrected chi connectivity index (χ3v) is 7.46. The molecule has 0 unspecified atom stereocenters. The van der Waals surface area contributed by atoms with Gasteiger partial charge in [0.15, 0.2) is 15.6 Å². The molecule has 22 heavy (non-hydrogen) atoms. The zero-order valence-corrected chi connectivity index (χ0v) is 13.2. The zero-order chi connectivity index (χ0) is 15.2. The SMILES string of the molecule is O=S(=O)(c1ccccc1)[C@@H]1C[C@H]2C=C[C@H]1CCC21OCCO1. The maximum absolute atomic E-state index is 13.0. The molecule has 118 valence electrons. The smallest absolute Gasteiger partial charge is 0.181 e. The van der Waals surface area contributed by atoms with Gasteiger partial charge in [-0.1, -0.05) is 30.4 Å². The van der Waals surface area contributed by atoms with Crippen LogP contribution in [0.3, 0.4) is 0 Å². The van der Waals surface area contributed by atoms with Crippen molar-refractivity contribution in [1.29, 1.82) is 0 Å². The first kappa shape index (κ1) is 14.4. The first-order valence-corrected chi connectivity index (χ1v) is 9.42. The Labute approximate surface area is 131 Å². The van der Waals surface area contributed by atoms with Crippen LogP contribution in [0.15, 0.2) is 47.4 Å². The quantitative estimate of drug-likeness (QED) is 0.786. The van der Waals surface area contributed by atoms with E-state index in [9.17, 15) is 8.42 Å². The minimum Gasteiger partial charge on any atom is -0.347 e. The van der Waals surface area contributed by atoms with E-state index in [1.165, 1.54) is 0 Å². The van der Waals surface area contributed by atoms with Crippen LogP contribution in [-0.2, 0) is 19.3 Å². The van der Waals surface area contributed by atoms with Crippen molar-refractivity contribution in [2.75, 3.05) is 13.2 Å². The van der Waals surface area contributed by atoms with Crippen LogP contribution in [-0.4, -0.2) is 32.7 Å². The lowest BCUT2D eigenvalue weighted by molar-refractivity contribution is -0.187. The van der Waals surface area contributed by atoms with Gasteiger partial charge < -0.3 is 9.47 Å². The molecule has 1 saturated carbocycles. The van der Waals surface area contributed by atoms with Gasteiger partial charge >= 0.3 is 0 Å². The van der Waals surface area contributed by atoms with Gasteiger partial charge in [-0.3, -0.25) is 0 Å². The number of allylic oxidation sites excluding steroid dienone is 1. The second-order valence-corrected chi connectivity index (χ2v) is 8.50. The highest BCUT2D eigenvalue weighted by molar-refractivity contribution is 7.92. The molecule has 2 fully saturated rings. The molecule has 1 spiro atoms. The fourth-order valence-electron chi connectivity index (χ4n) is 4.04.